The van der Waals surface area contributed by atoms with Crippen LogP contribution in [0.1, 0.15) is 33.6 Å². The highest BCUT2D eigenvalue weighted by Crippen LogP contribution is 2.07. The summed E-state index contributed by atoms with van der Waals surface area (Å²) in [5.74, 6) is -1.48. The standard InChI is InChI=1S/C9H18N2O3/c1-4-9(2,3)11-8(14)6(10)5-7(12)13/h6H,4-5,10H2,1-3H3,(H,11,14)(H,12,13). The van der Waals surface area contributed by atoms with Crippen LogP contribution in [0.3, 0.4) is 0 Å². The Labute approximate surface area is 83.7 Å². The van der Waals surface area contributed by atoms with Crippen molar-refractivity contribution in [2.45, 2.75) is 45.2 Å². The van der Waals surface area contributed by atoms with Crippen molar-refractivity contribution in [3.05, 3.63) is 0 Å². The van der Waals surface area contributed by atoms with E-state index in [2.05, 4.69) is 5.32 Å². The van der Waals surface area contributed by atoms with E-state index >= 15 is 0 Å². The van der Waals surface area contributed by atoms with Crippen molar-refractivity contribution in [1.82, 2.24) is 5.32 Å². The normalized spacial score (nSPS) is 13.4. The van der Waals surface area contributed by atoms with Gasteiger partial charge in [-0.3, -0.25) is 9.59 Å². The lowest BCUT2D eigenvalue weighted by atomic mass is 10.0. The van der Waals surface area contributed by atoms with Gasteiger partial charge in [0, 0.05) is 5.54 Å². The highest BCUT2D eigenvalue weighted by molar-refractivity contribution is 5.86. The Kier molecular flexibility index (Phi) is 4.56. The van der Waals surface area contributed by atoms with Gasteiger partial charge in [0.15, 0.2) is 0 Å². The molecule has 0 aromatic carbocycles. The molecule has 82 valence electrons. The van der Waals surface area contributed by atoms with Gasteiger partial charge in [-0.2, -0.15) is 0 Å². The van der Waals surface area contributed by atoms with Crippen molar-refractivity contribution < 1.29 is 14.7 Å². The van der Waals surface area contributed by atoms with Crippen LogP contribution in [-0.4, -0.2) is 28.6 Å². The number of nitrogens with one attached hydrogen (secondary N) is 1. The van der Waals surface area contributed by atoms with Crippen LogP contribution in [-0.2, 0) is 9.59 Å². The van der Waals surface area contributed by atoms with Gasteiger partial charge in [0.05, 0.1) is 12.5 Å². The first-order valence-corrected chi connectivity index (χ1v) is 4.58. The van der Waals surface area contributed by atoms with Crippen molar-refractivity contribution in [3.63, 3.8) is 0 Å². The van der Waals surface area contributed by atoms with Crippen molar-refractivity contribution >= 4 is 11.9 Å². The van der Waals surface area contributed by atoms with Crippen molar-refractivity contribution in [3.8, 4) is 0 Å². The molecule has 0 saturated carbocycles. The van der Waals surface area contributed by atoms with Gasteiger partial charge in [-0.15, -0.1) is 0 Å². The molecule has 0 aromatic rings. The molecule has 0 aliphatic carbocycles. The van der Waals surface area contributed by atoms with Gasteiger partial charge in [0.25, 0.3) is 0 Å². The molecule has 1 unspecified atom stereocenters. The van der Waals surface area contributed by atoms with Gasteiger partial charge in [-0.25, -0.2) is 0 Å². The Morgan fingerprint density at radius 3 is 2.36 bits per heavy atom. The summed E-state index contributed by atoms with van der Waals surface area (Å²) >= 11 is 0. The van der Waals surface area contributed by atoms with E-state index in [-0.39, 0.29) is 12.0 Å². The summed E-state index contributed by atoms with van der Waals surface area (Å²) in [5, 5.41) is 11.1. The van der Waals surface area contributed by atoms with E-state index in [1.165, 1.54) is 0 Å². The van der Waals surface area contributed by atoms with Crippen LogP contribution in [0, 0.1) is 0 Å². The quantitative estimate of drug-likeness (QED) is 0.589. The summed E-state index contributed by atoms with van der Waals surface area (Å²) in [6.45, 7) is 5.65. The van der Waals surface area contributed by atoms with Crippen LogP contribution in [0.15, 0.2) is 0 Å². The van der Waals surface area contributed by atoms with Crippen molar-refractivity contribution in [2.75, 3.05) is 0 Å². The van der Waals surface area contributed by atoms with Crippen LogP contribution in [0.4, 0.5) is 0 Å². The minimum atomic E-state index is -1.07. The Balaban J connectivity index is 4.14. The average molecular weight is 202 g/mol. The highest BCUT2D eigenvalue weighted by atomic mass is 16.4. The second kappa shape index (κ2) is 4.95. The van der Waals surface area contributed by atoms with Gasteiger partial charge in [0.2, 0.25) is 5.91 Å². The minimum absolute atomic E-state index is 0.340. The number of hydrogen-bond acceptors (Lipinski definition) is 3. The molecule has 0 aromatic heterocycles. The smallest absolute Gasteiger partial charge is 0.305 e. The number of carboxylic acids is 1. The zero-order valence-electron chi connectivity index (χ0n) is 8.83. The molecule has 5 nitrogen and oxygen atoms in total. The molecule has 0 aliphatic heterocycles. The van der Waals surface area contributed by atoms with Gasteiger partial charge in [-0.1, -0.05) is 6.92 Å². The monoisotopic (exact) mass is 202 g/mol. The third kappa shape index (κ3) is 4.81. The summed E-state index contributed by atoms with van der Waals surface area (Å²) in [5.41, 5.74) is 5.05. The van der Waals surface area contributed by atoms with Crippen LogP contribution in [0.2, 0.25) is 0 Å². The number of carbonyl (C=O) groups excluding carboxylic acids is 1. The van der Waals surface area contributed by atoms with Gasteiger partial charge < -0.3 is 16.2 Å². The first kappa shape index (κ1) is 12.9. The lowest BCUT2D eigenvalue weighted by molar-refractivity contribution is -0.139. The second-order valence-electron chi connectivity index (χ2n) is 3.93. The molecule has 4 N–H and O–H groups in total. The van der Waals surface area contributed by atoms with E-state index in [1.54, 1.807) is 0 Å². The van der Waals surface area contributed by atoms with E-state index in [1.807, 2.05) is 20.8 Å². The fourth-order valence-electron chi connectivity index (χ4n) is 0.795. The topological polar surface area (TPSA) is 92.4 Å². The average Bonchev–Trinajstić information content (AvgIpc) is 2.02. The van der Waals surface area contributed by atoms with Crippen LogP contribution in [0.25, 0.3) is 0 Å². The maximum Gasteiger partial charge on any atom is 0.305 e. The second-order valence-corrected chi connectivity index (χ2v) is 3.93. The Morgan fingerprint density at radius 2 is 2.00 bits per heavy atom. The van der Waals surface area contributed by atoms with Crippen molar-refractivity contribution in [1.29, 1.82) is 0 Å². The molecular formula is C9H18N2O3. The largest absolute Gasteiger partial charge is 0.481 e. The van der Waals surface area contributed by atoms with Crippen LogP contribution >= 0.6 is 0 Å². The molecule has 0 fully saturated rings. The lowest BCUT2D eigenvalue weighted by Gasteiger charge is -2.26. The Bertz CT molecular complexity index is 226. The summed E-state index contributed by atoms with van der Waals surface area (Å²) in [4.78, 5) is 21.6. The molecule has 5 heteroatoms. The van der Waals surface area contributed by atoms with E-state index in [9.17, 15) is 9.59 Å². The molecule has 0 saturated heterocycles. The number of nitrogens with two attached hydrogens (primary N) is 1. The van der Waals surface area contributed by atoms with E-state index in [0.717, 1.165) is 6.42 Å². The molecule has 0 spiro atoms. The van der Waals surface area contributed by atoms with Crippen molar-refractivity contribution in [2.24, 2.45) is 5.73 Å². The molecule has 0 heterocycles. The lowest BCUT2D eigenvalue weighted by Crippen LogP contribution is -2.50. The third-order valence-corrected chi connectivity index (χ3v) is 2.08. The zero-order chi connectivity index (χ0) is 11.4. The van der Waals surface area contributed by atoms with Gasteiger partial charge in [-0.05, 0) is 20.3 Å². The minimum Gasteiger partial charge on any atom is -0.481 e. The number of rotatable bonds is 5. The van der Waals surface area contributed by atoms with Crippen LogP contribution in [0.5, 0.6) is 0 Å². The fraction of sp³-hybridized carbons (Fsp3) is 0.778. The molecule has 1 atom stereocenters. The molecule has 0 aliphatic rings. The third-order valence-electron chi connectivity index (χ3n) is 2.08. The predicted octanol–water partition coefficient (Wildman–Crippen LogP) is 0.0932. The Hall–Kier alpha value is -1.10. The molecule has 14 heavy (non-hydrogen) atoms. The summed E-state index contributed by atoms with van der Waals surface area (Å²) in [6.07, 6.45) is 0.421. The number of amides is 1. The molecule has 0 radical (unpaired) electrons. The summed E-state index contributed by atoms with van der Waals surface area (Å²) < 4.78 is 0. The molecule has 1 amide bonds. The van der Waals surface area contributed by atoms with E-state index < -0.39 is 17.9 Å². The predicted molar refractivity (Wildman–Crippen MR) is 52.7 cm³/mol. The summed E-state index contributed by atoms with van der Waals surface area (Å²) in [6, 6.07) is -0.974. The molecule has 0 bridgehead atoms. The number of aliphatic carboxylic acids is 1. The Morgan fingerprint density at radius 1 is 1.50 bits per heavy atom. The fourth-order valence-corrected chi connectivity index (χ4v) is 0.795. The van der Waals surface area contributed by atoms with E-state index in [0.29, 0.717) is 0 Å². The number of hydrogen-bond donors (Lipinski definition) is 3. The first-order chi connectivity index (χ1) is 6.28. The zero-order valence-corrected chi connectivity index (χ0v) is 8.83. The number of carboxylic acid groups (broad SMARTS) is 1. The number of carbonyl (C=O) groups is 2. The van der Waals surface area contributed by atoms with Gasteiger partial charge in [0.1, 0.15) is 0 Å². The first-order valence-electron chi connectivity index (χ1n) is 4.58. The maximum atomic E-state index is 11.4. The molecule has 0 rings (SSSR count). The molecular weight excluding hydrogens is 184 g/mol. The van der Waals surface area contributed by atoms with E-state index in [4.69, 9.17) is 10.8 Å². The van der Waals surface area contributed by atoms with Gasteiger partial charge >= 0.3 is 5.97 Å². The SMILES string of the molecule is CCC(C)(C)NC(=O)C(N)CC(=O)O. The highest BCUT2D eigenvalue weighted by Gasteiger charge is 2.23. The summed E-state index contributed by atoms with van der Waals surface area (Å²) in [7, 11) is 0. The maximum absolute atomic E-state index is 11.4. The van der Waals surface area contributed by atoms with Crippen LogP contribution < -0.4 is 11.1 Å².